The molecule has 3 atom stereocenters. The molecule has 0 aliphatic carbocycles. The largest absolute Gasteiger partial charge is 0.383 e. The number of amides is 4. The monoisotopic (exact) mass is 592 g/mol. The van der Waals surface area contributed by atoms with Gasteiger partial charge in [0.25, 0.3) is 5.91 Å². The Hall–Kier alpha value is -3.16. The number of fused-ring (bicyclic) bond motifs is 1. The summed E-state index contributed by atoms with van der Waals surface area (Å²) in [5.74, 6) is 0.182. The van der Waals surface area contributed by atoms with E-state index >= 15 is 0 Å². The predicted octanol–water partition coefficient (Wildman–Crippen LogP) is 0.491. The first-order valence-corrected chi connectivity index (χ1v) is 14.4. The number of hydrogen-bond acceptors (Lipinski definition) is 9. The number of nitrogens with one attached hydrogen (secondary N) is 3. The summed E-state index contributed by atoms with van der Waals surface area (Å²) in [6, 6.07) is 2.45. The maximum Gasteiger partial charge on any atom is 0.316 e. The molecule has 4 amide bonds. The van der Waals surface area contributed by atoms with Crippen molar-refractivity contribution in [3.63, 3.8) is 0 Å². The SMILES string of the molecule is CC[C@H]1CN(C2=NC3NC(=O)NCCNC(=O)C3N=C2Cl)CCN1C1CCN(C(=O)c2ccc(Cl)nc2N)CC1. The summed E-state index contributed by atoms with van der Waals surface area (Å²) >= 11 is 12.4. The molecule has 0 radical (unpaired) electrons. The van der Waals surface area contributed by atoms with E-state index in [9.17, 15) is 14.4 Å². The average molecular weight is 594 g/mol. The Morgan fingerprint density at radius 3 is 2.55 bits per heavy atom. The van der Waals surface area contributed by atoms with Gasteiger partial charge in [0.1, 0.15) is 11.0 Å². The fraction of sp³-hybridized carbons (Fsp3) is 0.600. The molecule has 3 saturated heterocycles. The zero-order valence-electron chi connectivity index (χ0n) is 22.3. The van der Waals surface area contributed by atoms with Crippen LogP contribution in [0, 0.1) is 0 Å². The quantitative estimate of drug-likeness (QED) is 0.371. The van der Waals surface area contributed by atoms with Gasteiger partial charge in [-0.3, -0.25) is 19.5 Å². The number of anilines is 1. The number of aliphatic imine (C=N–C) groups is 2. The van der Waals surface area contributed by atoms with Crippen molar-refractivity contribution in [2.24, 2.45) is 9.98 Å². The van der Waals surface area contributed by atoms with Crippen LogP contribution in [0.1, 0.15) is 36.5 Å². The molecular formula is C25H34Cl2N10O3. The molecular weight excluding hydrogens is 559 g/mol. The van der Waals surface area contributed by atoms with Crippen molar-refractivity contribution in [3.8, 4) is 0 Å². The number of aromatic nitrogens is 1. The summed E-state index contributed by atoms with van der Waals surface area (Å²) in [6.07, 6.45) is 1.77. The van der Waals surface area contributed by atoms with Crippen molar-refractivity contribution in [1.29, 1.82) is 0 Å². The lowest BCUT2D eigenvalue weighted by Gasteiger charge is -2.48. The number of nitrogen functional groups attached to an aromatic ring is 1. The maximum absolute atomic E-state index is 13.0. The molecule has 40 heavy (non-hydrogen) atoms. The number of piperidine rings is 1. The second kappa shape index (κ2) is 12.1. The first kappa shape index (κ1) is 28.4. The molecule has 4 aliphatic heterocycles. The molecule has 3 fully saturated rings. The van der Waals surface area contributed by atoms with E-state index in [4.69, 9.17) is 33.9 Å². The van der Waals surface area contributed by atoms with Gasteiger partial charge in [0.05, 0.1) is 5.56 Å². The van der Waals surface area contributed by atoms with Gasteiger partial charge < -0.3 is 31.5 Å². The molecule has 5 N–H and O–H groups in total. The van der Waals surface area contributed by atoms with Gasteiger partial charge in [-0.1, -0.05) is 30.1 Å². The zero-order valence-corrected chi connectivity index (χ0v) is 23.8. The minimum Gasteiger partial charge on any atom is -0.383 e. The second-order valence-corrected chi connectivity index (χ2v) is 11.0. The van der Waals surface area contributed by atoms with Gasteiger partial charge in [0, 0.05) is 57.9 Å². The number of piperazine rings is 1. The van der Waals surface area contributed by atoms with Crippen molar-refractivity contribution in [3.05, 3.63) is 22.8 Å². The number of urea groups is 1. The number of amidine groups is 1. The molecule has 13 nitrogen and oxygen atoms in total. The Morgan fingerprint density at radius 2 is 1.82 bits per heavy atom. The number of rotatable bonds is 3. The van der Waals surface area contributed by atoms with Crippen LogP contribution in [0.3, 0.4) is 0 Å². The van der Waals surface area contributed by atoms with E-state index in [0.29, 0.717) is 56.7 Å². The summed E-state index contributed by atoms with van der Waals surface area (Å²) in [6.45, 7) is 6.17. The number of halogens is 2. The summed E-state index contributed by atoms with van der Waals surface area (Å²) in [5.41, 5.74) is 6.31. The molecule has 0 spiro atoms. The van der Waals surface area contributed by atoms with Gasteiger partial charge in [-0.05, 0) is 31.4 Å². The summed E-state index contributed by atoms with van der Waals surface area (Å²) in [7, 11) is 0. The molecule has 0 bridgehead atoms. The Morgan fingerprint density at radius 1 is 1.07 bits per heavy atom. The molecule has 1 aromatic heterocycles. The lowest BCUT2D eigenvalue weighted by molar-refractivity contribution is -0.122. The number of hydrogen-bond donors (Lipinski definition) is 4. The molecule has 5 heterocycles. The average Bonchev–Trinajstić information content (AvgIpc) is 3.01. The number of likely N-dealkylation sites (tertiary alicyclic amines) is 1. The molecule has 4 aliphatic rings. The van der Waals surface area contributed by atoms with Crippen molar-refractivity contribution in [2.45, 2.75) is 50.5 Å². The van der Waals surface area contributed by atoms with Crippen LogP contribution in [0.25, 0.3) is 0 Å². The lowest BCUT2D eigenvalue weighted by Crippen LogP contribution is -2.61. The van der Waals surface area contributed by atoms with Gasteiger partial charge in [-0.15, -0.1) is 0 Å². The van der Waals surface area contributed by atoms with Gasteiger partial charge in [-0.2, -0.15) is 0 Å². The van der Waals surface area contributed by atoms with Crippen molar-refractivity contribution < 1.29 is 14.4 Å². The van der Waals surface area contributed by atoms with E-state index in [1.165, 1.54) is 0 Å². The normalized spacial score (nSPS) is 26.7. The van der Waals surface area contributed by atoms with Crippen LogP contribution in [0.15, 0.2) is 22.1 Å². The summed E-state index contributed by atoms with van der Waals surface area (Å²) < 4.78 is 0. The number of nitrogens with zero attached hydrogens (tertiary/aromatic N) is 6. The van der Waals surface area contributed by atoms with Crippen LogP contribution in [0.5, 0.6) is 0 Å². The molecule has 1 aromatic rings. The summed E-state index contributed by atoms with van der Waals surface area (Å²) in [5, 5.41) is 8.62. The molecule has 2 unspecified atom stereocenters. The first-order chi connectivity index (χ1) is 19.2. The highest BCUT2D eigenvalue weighted by Gasteiger charge is 2.39. The molecule has 0 aromatic carbocycles. The third-order valence-corrected chi connectivity index (χ3v) is 8.37. The van der Waals surface area contributed by atoms with Crippen LogP contribution in [-0.2, 0) is 4.79 Å². The third-order valence-electron chi connectivity index (χ3n) is 7.90. The summed E-state index contributed by atoms with van der Waals surface area (Å²) in [4.78, 5) is 57.4. The van der Waals surface area contributed by atoms with Gasteiger partial charge in [0.2, 0.25) is 5.91 Å². The third kappa shape index (κ3) is 5.96. The highest BCUT2D eigenvalue weighted by molar-refractivity contribution is 6.83. The topological polar surface area (TPSA) is 161 Å². The van der Waals surface area contributed by atoms with Gasteiger partial charge in [-0.25, -0.2) is 14.8 Å². The van der Waals surface area contributed by atoms with E-state index < -0.39 is 18.2 Å². The van der Waals surface area contributed by atoms with Crippen molar-refractivity contribution in [1.82, 2.24) is 35.6 Å². The number of nitrogens with two attached hydrogens (primary N) is 1. The molecule has 15 heteroatoms. The fourth-order valence-corrected chi connectivity index (χ4v) is 6.22. The van der Waals surface area contributed by atoms with E-state index in [0.717, 1.165) is 25.8 Å². The fourth-order valence-electron chi connectivity index (χ4n) is 5.79. The molecule has 0 saturated carbocycles. The molecule has 5 rings (SSSR count). The van der Waals surface area contributed by atoms with Crippen LogP contribution in [0.4, 0.5) is 10.6 Å². The van der Waals surface area contributed by atoms with Crippen LogP contribution in [0.2, 0.25) is 5.15 Å². The minimum absolute atomic E-state index is 0.125. The Labute approximate surface area is 242 Å². The molecule has 216 valence electrons. The Balaban J connectivity index is 1.23. The maximum atomic E-state index is 13.0. The van der Waals surface area contributed by atoms with E-state index in [2.05, 4.69) is 42.7 Å². The van der Waals surface area contributed by atoms with E-state index in [1.54, 1.807) is 12.1 Å². The van der Waals surface area contributed by atoms with Crippen LogP contribution >= 0.6 is 23.2 Å². The van der Waals surface area contributed by atoms with E-state index in [-0.39, 0.29) is 34.0 Å². The number of carbonyl (C=O) groups is 3. The highest BCUT2D eigenvalue weighted by Crippen LogP contribution is 2.26. The van der Waals surface area contributed by atoms with Gasteiger partial charge in [0.15, 0.2) is 23.2 Å². The lowest BCUT2D eigenvalue weighted by atomic mass is 9.97. The van der Waals surface area contributed by atoms with Crippen LogP contribution < -0.4 is 21.7 Å². The number of carbonyl (C=O) groups excluding carboxylic acids is 3. The van der Waals surface area contributed by atoms with Crippen molar-refractivity contribution in [2.75, 3.05) is 51.5 Å². The standard InChI is InChI=1S/C25H34Cl2N10O3/c1-2-14-13-36(22-19(27)32-18-21(33-22)34-25(40)30-8-7-29-23(18)38)11-12-37(14)15-5-9-35(10-6-15)24(39)16-3-4-17(26)31-20(16)28/h3-4,14-15,18,21H,2,5-13H2,1H3,(H2,28,31)(H,29,38)(H2,30,34,40)/t14-,18?,21?/m0/s1. The van der Waals surface area contributed by atoms with Gasteiger partial charge >= 0.3 is 6.03 Å². The highest BCUT2D eigenvalue weighted by atomic mass is 35.5. The Bertz CT molecular complexity index is 1220. The minimum atomic E-state index is -0.921. The predicted molar refractivity (Wildman–Crippen MR) is 153 cm³/mol. The van der Waals surface area contributed by atoms with Crippen molar-refractivity contribution >= 4 is 57.9 Å². The smallest absolute Gasteiger partial charge is 0.316 e. The zero-order chi connectivity index (χ0) is 28.4. The van der Waals surface area contributed by atoms with Crippen LogP contribution in [-0.4, -0.2) is 119 Å². The van der Waals surface area contributed by atoms with E-state index in [1.807, 2.05) is 4.90 Å². The second-order valence-electron chi connectivity index (χ2n) is 10.3. The Kier molecular flexibility index (Phi) is 8.62. The first-order valence-electron chi connectivity index (χ1n) is 13.6. The number of pyridine rings is 1.